The summed E-state index contributed by atoms with van der Waals surface area (Å²) in [7, 11) is 0. The molecule has 2 heterocycles. The predicted molar refractivity (Wildman–Crippen MR) is 235 cm³/mol. The summed E-state index contributed by atoms with van der Waals surface area (Å²) in [5.41, 5.74) is 22.2. The molecule has 9 aromatic carbocycles. The Labute approximate surface area is 330 Å². The predicted octanol–water partition coefficient (Wildman–Crippen LogP) is 14.7. The molecule has 0 amide bonds. The van der Waals surface area contributed by atoms with Crippen LogP contribution in [-0.2, 0) is 5.41 Å². The molecular formula is C55H33NO. The number of para-hydroxylation sites is 3. The van der Waals surface area contributed by atoms with E-state index < -0.39 is 5.41 Å². The van der Waals surface area contributed by atoms with Crippen molar-refractivity contribution in [2.24, 2.45) is 0 Å². The fourth-order valence-corrected chi connectivity index (χ4v) is 10.6. The van der Waals surface area contributed by atoms with E-state index in [1.807, 2.05) is 0 Å². The lowest BCUT2D eigenvalue weighted by molar-refractivity contribution is 0.666. The maximum atomic E-state index is 6.68. The number of nitrogens with zero attached hydrogens (tertiary/aromatic N) is 1. The van der Waals surface area contributed by atoms with Crippen LogP contribution >= 0.6 is 0 Å². The molecule has 1 aromatic heterocycles. The van der Waals surface area contributed by atoms with Crippen LogP contribution in [-0.4, -0.2) is 0 Å². The first-order valence-electron chi connectivity index (χ1n) is 19.8. The van der Waals surface area contributed by atoms with Crippen molar-refractivity contribution in [2.45, 2.75) is 5.41 Å². The van der Waals surface area contributed by atoms with Gasteiger partial charge in [0.15, 0.2) is 0 Å². The molecule has 13 rings (SSSR count). The van der Waals surface area contributed by atoms with Crippen molar-refractivity contribution < 1.29 is 4.42 Å². The number of fused-ring (bicyclic) bond motifs is 20. The first-order valence-corrected chi connectivity index (χ1v) is 19.8. The van der Waals surface area contributed by atoms with E-state index in [0.29, 0.717) is 0 Å². The third kappa shape index (κ3) is 3.99. The average Bonchev–Trinajstić information content (AvgIpc) is 3.70. The third-order valence-corrected chi connectivity index (χ3v) is 12.8. The summed E-state index contributed by atoms with van der Waals surface area (Å²) in [5.74, 6) is 0. The van der Waals surface area contributed by atoms with Crippen molar-refractivity contribution in [3.05, 3.63) is 222 Å². The Bertz CT molecular complexity index is 3260. The van der Waals surface area contributed by atoms with Crippen molar-refractivity contribution in [3.8, 4) is 55.6 Å². The number of benzene rings is 9. The van der Waals surface area contributed by atoms with Gasteiger partial charge in [0, 0.05) is 27.6 Å². The summed E-state index contributed by atoms with van der Waals surface area (Å²) in [4.78, 5) is 2.48. The lowest BCUT2D eigenvalue weighted by Crippen LogP contribution is -2.29. The molecule has 57 heavy (non-hydrogen) atoms. The van der Waals surface area contributed by atoms with Crippen LogP contribution in [0, 0.1) is 0 Å². The number of rotatable bonds is 1. The SMILES string of the molecule is c1ccc2c(c1)-c1ccccc1N(c1ccc3c(c1)-c1ccccc1-c1ccccc1C31c3ccccc3-c3cc4c(cc31)oc1ccccc14)c1ccccc1-2. The van der Waals surface area contributed by atoms with Crippen LogP contribution in [0.1, 0.15) is 22.3 Å². The Morgan fingerprint density at radius 3 is 1.40 bits per heavy atom. The summed E-state index contributed by atoms with van der Waals surface area (Å²) in [5, 5.41) is 2.30. The van der Waals surface area contributed by atoms with Crippen molar-refractivity contribution in [1.29, 1.82) is 0 Å². The smallest absolute Gasteiger partial charge is 0.135 e. The standard InChI is InChI=1S/C55H33NO/c1-4-18-38-35(15-1)39-19-5-10-24-47(39)55(48-25-11-6-20-40(48)45-32-46-43-23-9-14-28-53(43)57-54(46)33-50(45)55)49-30-29-34(31-44(38)49)56-51-26-12-7-21-41(51)36-16-2-3-17-37(36)42-22-8-13-27-52(42)56/h1-33H. The van der Waals surface area contributed by atoms with Gasteiger partial charge in [0.2, 0.25) is 0 Å². The summed E-state index contributed by atoms with van der Waals surface area (Å²) < 4.78 is 6.68. The minimum absolute atomic E-state index is 0.618. The van der Waals surface area contributed by atoms with E-state index in [-0.39, 0.29) is 0 Å². The average molecular weight is 724 g/mol. The molecule has 0 bridgehead atoms. The van der Waals surface area contributed by atoms with E-state index in [2.05, 4.69) is 205 Å². The molecule has 3 aliphatic rings. The molecule has 1 unspecified atom stereocenters. The minimum atomic E-state index is -0.618. The van der Waals surface area contributed by atoms with E-state index in [1.54, 1.807) is 0 Å². The molecule has 1 spiro atoms. The number of anilines is 3. The Morgan fingerprint density at radius 1 is 0.298 bits per heavy atom. The van der Waals surface area contributed by atoms with Crippen LogP contribution in [0.5, 0.6) is 0 Å². The van der Waals surface area contributed by atoms with E-state index in [4.69, 9.17) is 4.42 Å². The van der Waals surface area contributed by atoms with Gasteiger partial charge in [-0.25, -0.2) is 0 Å². The molecule has 2 heteroatoms. The number of hydrogen-bond acceptors (Lipinski definition) is 2. The highest BCUT2D eigenvalue weighted by atomic mass is 16.3. The molecule has 0 saturated carbocycles. The molecule has 1 aliphatic heterocycles. The summed E-state index contributed by atoms with van der Waals surface area (Å²) >= 11 is 0. The topological polar surface area (TPSA) is 16.4 Å². The molecule has 264 valence electrons. The second kappa shape index (κ2) is 11.3. The largest absolute Gasteiger partial charge is 0.456 e. The first-order chi connectivity index (χ1) is 28.3. The Morgan fingerprint density at radius 2 is 0.754 bits per heavy atom. The number of furan rings is 1. The van der Waals surface area contributed by atoms with Crippen LogP contribution in [0.25, 0.3) is 77.6 Å². The number of hydrogen-bond donors (Lipinski definition) is 0. The highest BCUT2D eigenvalue weighted by Gasteiger charge is 2.50. The molecule has 1 atom stereocenters. The minimum Gasteiger partial charge on any atom is -0.456 e. The zero-order valence-corrected chi connectivity index (χ0v) is 30.9. The fraction of sp³-hybridized carbons (Fsp3) is 0.0182. The Hall–Kier alpha value is -7.42. The van der Waals surface area contributed by atoms with Gasteiger partial charge in [0.25, 0.3) is 0 Å². The quantitative estimate of drug-likeness (QED) is 0.168. The van der Waals surface area contributed by atoms with Crippen molar-refractivity contribution in [1.82, 2.24) is 0 Å². The van der Waals surface area contributed by atoms with E-state index >= 15 is 0 Å². The summed E-state index contributed by atoms with van der Waals surface area (Å²) in [6.07, 6.45) is 0. The van der Waals surface area contributed by atoms with Crippen LogP contribution in [0.4, 0.5) is 17.1 Å². The fourth-order valence-electron chi connectivity index (χ4n) is 10.6. The molecule has 0 fully saturated rings. The van der Waals surface area contributed by atoms with Crippen molar-refractivity contribution >= 4 is 39.0 Å². The Kier molecular flexibility index (Phi) is 6.13. The molecule has 0 radical (unpaired) electrons. The van der Waals surface area contributed by atoms with Crippen LogP contribution < -0.4 is 4.90 Å². The van der Waals surface area contributed by atoms with E-state index in [0.717, 1.165) is 27.6 Å². The van der Waals surface area contributed by atoms with E-state index in [1.165, 1.54) is 89.3 Å². The molecule has 0 N–H and O–H groups in total. The van der Waals surface area contributed by atoms with Crippen LogP contribution in [0.3, 0.4) is 0 Å². The van der Waals surface area contributed by atoms with Gasteiger partial charge in [-0.2, -0.15) is 0 Å². The normalized spacial score (nSPS) is 15.4. The molecule has 0 saturated heterocycles. The zero-order chi connectivity index (χ0) is 37.2. The second-order valence-corrected chi connectivity index (χ2v) is 15.5. The highest BCUT2D eigenvalue weighted by molar-refractivity contribution is 6.09. The van der Waals surface area contributed by atoms with Crippen LogP contribution in [0.2, 0.25) is 0 Å². The van der Waals surface area contributed by atoms with Gasteiger partial charge in [-0.05, 0) is 109 Å². The summed E-state index contributed by atoms with van der Waals surface area (Å²) in [6.45, 7) is 0. The molecule has 2 nitrogen and oxygen atoms in total. The maximum Gasteiger partial charge on any atom is 0.135 e. The van der Waals surface area contributed by atoms with Gasteiger partial charge < -0.3 is 9.32 Å². The van der Waals surface area contributed by atoms with Crippen LogP contribution in [0.15, 0.2) is 205 Å². The zero-order valence-electron chi connectivity index (χ0n) is 30.9. The molecule has 10 aromatic rings. The third-order valence-electron chi connectivity index (χ3n) is 12.8. The van der Waals surface area contributed by atoms with Gasteiger partial charge in [0.05, 0.1) is 16.8 Å². The van der Waals surface area contributed by atoms with Gasteiger partial charge in [0.1, 0.15) is 11.2 Å². The van der Waals surface area contributed by atoms with Gasteiger partial charge in [-0.1, -0.05) is 158 Å². The Balaban J connectivity index is 1.16. The van der Waals surface area contributed by atoms with Gasteiger partial charge in [-0.15, -0.1) is 0 Å². The van der Waals surface area contributed by atoms with Gasteiger partial charge >= 0.3 is 0 Å². The van der Waals surface area contributed by atoms with Gasteiger partial charge in [-0.3, -0.25) is 0 Å². The monoisotopic (exact) mass is 723 g/mol. The maximum absolute atomic E-state index is 6.68. The highest BCUT2D eigenvalue weighted by Crippen LogP contribution is 2.63. The van der Waals surface area contributed by atoms with E-state index in [9.17, 15) is 0 Å². The lowest BCUT2D eigenvalue weighted by Gasteiger charge is -2.36. The second-order valence-electron chi connectivity index (χ2n) is 15.5. The molecule has 2 aliphatic carbocycles. The summed E-state index contributed by atoms with van der Waals surface area (Å²) in [6, 6.07) is 74.1. The lowest BCUT2D eigenvalue weighted by atomic mass is 9.66. The van der Waals surface area contributed by atoms with Crippen molar-refractivity contribution in [3.63, 3.8) is 0 Å². The first kappa shape index (κ1) is 30.9. The van der Waals surface area contributed by atoms with Crippen molar-refractivity contribution in [2.75, 3.05) is 4.90 Å². The molecular weight excluding hydrogens is 691 g/mol.